The standard InChI is InChI=1S/C9H13F7O2.2H3N.H2O4S/c10-7(8(11,12)13,9(14,15)16)18-6-4-2-1-3-5-17;;;1-5(2,3)4/h17H,1-6H2;2*1H3;(H2,1,2,3,4). The van der Waals surface area contributed by atoms with Crippen molar-refractivity contribution in [2.45, 2.75) is 43.9 Å². The van der Waals surface area contributed by atoms with Crippen molar-refractivity contribution in [1.29, 1.82) is 0 Å². The molecule has 158 valence electrons. The molecule has 0 fully saturated rings. The molecule has 0 aliphatic heterocycles. The van der Waals surface area contributed by atoms with Gasteiger partial charge in [0.15, 0.2) is 0 Å². The van der Waals surface area contributed by atoms with Crippen LogP contribution in [-0.2, 0) is 15.1 Å². The average molecular weight is 418 g/mol. The van der Waals surface area contributed by atoms with Gasteiger partial charge in [-0.25, -0.2) is 0 Å². The number of hydrogen-bond acceptors (Lipinski definition) is 6. The molecule has 0 amide bonds. The molecular weight excluding hydrogens is 397 g/mol. The van der Waals surface area contributed by atoms with Gasteiger partial charge in [-0.3, -0.25) is 9.11 Å². The molecule has 0 radical (unpaired) electrons. The lowest BCUT2D eigenvalue weighted by molar-refractivity contribution is -0.430. The molecule has 0 bridgehead atoms. The highest BCUT2D eigenvalue weighted by Crippen LogP contribution is 2.46. The molecule has 0 aromatic heterocycles. The van der Waals surface area contributed by atoms with Crippen LogP contribution in [0.3, 0.4) is 0 Å². The van der Waals surface area contributed by atoms with Crippen LogP contribution in [0.1, 0.15) is 25.7 Å². The molecule has 0 heterocycles. The van der Waals surface area contributed by atoms with E-state index in [1.165, 1.54) is 0 Å². The summed E-state index contributed by atoms with van der Waals surface area (Å²) in [5, 5.41) is 8.38. The van der Waals surface area contributed by atoms with Crippen LogP contribution in [0.5, 0.6) is 0 Å². The Labute approximate surface area is 139 Å². The van der Waals surface area contributed by atoms with Crippen LogP contribution < -0.4 is 12.3 Å². The number of alkyl halides is 7. The summed E-state index contributed by atoms with van der Waals surface area (Å²) in [6.07, 6.45) is -11.5. The summed E-state index contributed by atoms with van der Waals surface area (Å²) >= 11 is 0. The first-order valence-electron chi connectivity index (χ1n) is 5.83. The minimum Gasteiger partial charge on any atom is -0.396 e. The Balaban J connectivity index is -0.000000276. The van der Waals surface area contributed by atoms with E-state index in [9.17, 15) is 30.7 Å². The molecule has 25 heavy (non-hydrogen) atoms. The van der Waals surface area contributed by atoms with Gasteiger partial charge in [-0.2, -0.15) is 39.2 Å². The lowest BCUT2D eigenvalue weighted by atomic mass is 10.2. The molecule has 0 aliphatic rings. The fraction of sp³-hybridized carbons (Fsp3) is 1.00. The highest BCUT2D eigenvalue weighted by atomic mass is 32.3. The lowest BCUT2D eigenvalue weighted by Gasteiger charge is -2.29. The van der Waals surface area contributed by atoms with Gasteiger partial charge < -0.3 is 22.1 Å². The largest absolute Gasteiger partial charge is 0.458 e. The van der Waals surface area contributed by atoms with Gasteiger partial charge >= 0.3 is 28.6 Å². The smallest absolute Gasteiger partial charge is 0.396 e. The summed E-state index contributed by atoms with van der Waals surface area (Å²) in [7, 11) is -4.67. The topological polar surface area (TPSA) is 174 Å². The molecule has 0 aromatic rings. The van der Waals surface area contributed by atoms with Crippen molar-refractivity contribution in [1.82, 2.24) is 12.3 Å². The number of halogens is 7. The van der Waals surface area contributed by atoms with Crippen molar-refractivity contribution < 1.29 is 58.1 Å². The fourth-order valence-corrected chi connectivity index (χ4v) is 1.10. The Bertz CT molecular complexity index is 407. The van der Waals surface area contributed by atoms with Crippen LogP contribution in [0.25, 0.3) is 0 Å². The Morgan fingerprint density at radius 1 is 0.760 bits per heavy atom. The van der Waals surface area contributed by atoms with E-state index in [1.54, 1.807) is 0 Å². The Hall–Kier alpha value is -0.780. The van der Waals surface area contributed by atoms with Crippen LogP contribution in [-0.4, -0.2) is 54.1 Å². The predicted octanol–water partition coefficient (Wildman–Crippen LogP) is 3.02. The van der Waals surface area contributed by atoms with Gasteiger partial charge in [-0.05, 0) is 12.8 Å². The minimum atomic E-state index is -6.17. The summed E-state index contributed by atoms with van der Waals surface area (Å²) in [5.41, 5.74) is 0. The quantitative estimate of drug-likeness (QED) is 0.238. The number of rotatable bonds is 7. The Morgan fingerprint density at radius 2 is 1.08 bits per heavy atom. The molecular formula is C9H21F7N2O6S. The normalized spacial score (nSPS) is 12.4. The maximum absolute atomic E-state index is 12.9. The summed E-state index contributed by atoms with van der Waals surface area (Å²) in [6.45, 7) is -1.13. The van der Waals surface area contributed by atoms with E-state index in [-0.39, 0.29) is 31.7 Å². The first kappa shape index (κ1) is 31.9. The number of aliphatic hydroxyl groups is 1. The van der Waals surface area contributed by atoms with E-state index in [4.69, 9.17) is 22.6 Å². The highest BCUT2D eigenvalue weighted by molar-refractivity contribution is 7.79. The second-order valence-electron chi connectivity index (χ2n) is 4.02. The molecule has 0 saturated carbocycles. The summed E-state index contributed by atoms with van der Waals surface area (Å²) in [5.74, 6) is -5.63. The van der Waals surface area contributed by atoms with Gasteiger partial charge in [-0.15, -0.1) is 0 Å². The molecule has 0 aromatic carbocycles. The number of ether oxygens (including phenoxy) is 1. The van der Waals surface area contributed by atoms with Crippen molar-refractivity contribution in [2.24, 2.45) is 0 Å². The molecule has 0 rings (SSSR count). The van der Waals surface area contributed by atoms with Gasteiger partial charge in [0.05, 0.1) is 6.61 Å². The zero-order valence-electron chi connectivity index (χ0n) is 12.8. The summed E-state index contributed by atoms with van der Waals surface area (Å²) < 4.78 is 120. The van der Waals surface area contributed by atoms with Gasteiger partial charge in [0.2, 0.25) is 0 Å². The summed E-state index contributed by atoms with van der Waals surface area (Å²) in [4.78, 5) is 0. The zero-order chi connectivity index (χ0) is 18.9. The Morgan fingerprint density at radius 3 is 1.36 bits per heavy atom. The molecule has 0 atom stereocenters. The summed E-state index contributed by atoms with van der Waals surface area (Å²) in [6, 6.07) is 0. The van der Waals surface area contributed by atoms with Crippen molar-refractivity contribution in [2.75, 3.05) is 13.2 Å². The van der Waals surface area contributed by atoms with Crippen LogP contribution in [0.15, 0.2) is 0 Å². The van der Waals surface area contributed by atoms with Gasteiger partial charge in [0.25, 0.3) is 0 Å². The van der Waals surface area contributed by atoms with Crippen molar-refractivity contribution in [3.05, 3.63) is 0 Å². The zero-order valence-corrected chi connectivity index (χ0v) is 13.6. The van der Waals surface area contributed by atoms with E-state index in [2.05, 4.69) is 4.74 Å². The van der Waals surface area contributed by atoms with Crippen molar-refractivity contribution in [3.63, 3.8) is 0 Å². The van der Waals surface area contributed by atoms with Crippen LogP contribution >= 0.6 is 0 Å². The monoisotopic (exact) mass is 418 g/mol. The predicted molar refractivity (Wildman–Crippen MR) is 71.7 cm³/mol. The average Bonchev–Trinajstić information content (AvgIpc) is 2.28. The van der Waals surface area contributed by atoms with E-state index >= 15 is 0 Å². The fourth-order valence-electron chi connectivity index (χ4n) is 1.10. The van der Waals surface area contributed by atoms with Crippen LogP contribution in [0.4, 0.5) is 30.7 Å². The first-order chi connectivity index (χ1) is 10.1. The van der Waals surface area contributed by atoms with E-state index in [0.29, 0.717) is 12.8 Å². The third kappa shape index (κ3) is 15.2. The van der Waals surface area contributed by atoms with Gasteiger partial charge in [0, 0.05) is 6.61 Å². The second kappa shape index (κ2) is 12.6. The molecule has 0 saturated heterocycles. The molecule has 0 spiro atoms. The maximum atomic E-state index is 12.9. The molecule has 9 N–H and O–H groups in total. The molecule has 0 unspecified atom stereocenters. The van der Waals surface area contributed by atoms with Crippen molar-refractivity contribution >= 4 is 10.4 Å². The minimum absolute atomic E-state index is 0. The number of hydrogen-bond donors (Lipinski definition) is 5. The maximum Gasteiger partial charge on any atom is 0.458 e. The van der Waals surface area contributed by atoms with Gasteiger partial charge in [0.1, 0.15) is 0 Å². The van der Waals surface area contributed by atoms with Crippen molar-refractivity contribution in [3.8, 4) is 0 Å². The molecule has 0 aliphatic carbocycles. The second-order valence-corrected chi connectivity index (χ2v) is 4.92. The van der Waals surface area contributed by atoms with E-state index < -0.39 is 35.2 Å². The van der Waals surface area contributed by atoms with Gasteiger partial charge in [-0.1, -0.05) is 12.8 Å². The first-order valence-corrected chi connectivity index (χ1v) is 7.23. The third-order valence-corrected chi connectivity index (χ3v) is 2.08. The number of unbranched alkanes of at least 4 members (excludes halogenated alkanes) is 3. The number of aliphatic hydroxyl groups excluding tert-OH is 1. The van der Waals surface area contributed by atoms with E-state index in [0.717, 1.165) is 0 Å². The lowest BCUT2D eigenvalue weighted by Crippen LogP contribution is -2.55. The SMILES string of the molecule is N.N.O=S(=O)(O)O.OCCCCCCOC(F)(C(F)(F)F)C(F)(F)F. The highest BCUT2D eigenvalue weighted by Gasteiger charge is 2.74. The Kier molecular flexibility index (Phi) is 16.0. The molecule has 16 heteroatoms. The molecule has 8 nitrogen and oxygen atoms in total. The van der Waals surface area contributed by atoms with Crippen LogP contribution in [0.2, 0.25) is 0 Å². The van der Waals surface area contributed by atoms with Crippen LogP contribution in [0, 0.1) is 0 Å². The third-order valence-electron chi connectivity index (χ3n) is 2.08. The van der Waals surface area contributed by atoms with E-state index in [1.807, 2.05) is 0 Å².